The number of benzene rings is 2. The molecule has 1 N–H and O–H groups in total. The number of halogens is 2. The minimum Gasteiger partial charge on any atom is -0.481 e. The number of hydrogen-bond donors (Lipinski definition) is 1. The largest absolute Gasteiger partial charge is 0.481 e. The maximum Gasteiger partial charge on any atom is 0.312 e. The van der Waals surface area contributed by atoms with Gasteiger partial charge in [-0.05, 0) is 305 Å². The van der Waals surface area contributed by atoms with Crippen LogP contribution < -0.4 is 0 Å². The summed E-state index contributed by atoms with van der Waals surface area (Å²) in [5, 5.41) is 29.2. The average Bonchev–Trinajstić information content (AvgIpc) is 1.01. The number of carboxylic acid groups (broad SMARTS) is 1. The fourth-order valence-electron chi connectivity index (χ4n) is 26.8. The van der Waals surface area contributed by atoms with E-state index in [-0.39, 0.29) is 97.1 Å². The molecule has 4 aromatic rings. The Labute approximate surface area is 656 Å². The molecule has 2 aromatic carbocycles. The molecule has 10 aliphatic carbocycles. The van der Waals surface area contributed by atoms with Crippen LogP contribution in [0.2, 0.25) is 10.0 Å². The number of aliphatic carboxylic acids is 1. The standard InChI is InChI=1S/C48H69ClN2O5.C44H61ClN2O5/c1-29(2)32-19-24-48(27-37-50-51-40(55-37)30-13-15-31(49)16-14-30)26-25-46(11)33(39(32)48)17-18-35-45(10)22-21-36(44(8,9)34(45)20-23-47(35,46)12)54-38(52)28-43(6,7)41(53)56-42(3,4)5;1-26(2)29-16-21-44(24-34-46-47-37(52-34)27-10-12-28(45)13-11-27)23-22-42(8)30(36(29)44)14-15-32-41(7)19-18-33(51-35(48)25-39(3,4)38(49)50)40(5,6)31(41)17-20-43(32,42)9/h13-16,29,33-36H,17-28H2,1-12H3;10-13,26,30-33H,14-25H2,1-9H3,(H,49,50)/t33-,34+,35-,36+,45+,46-,47-,48-;30-,31+,32-,33+,41+,42-,43-,44-/m11/s1. The van der Waals surface area contributed by atoms with Crippen molar-refractivity contribution in [3.05, 3.63) is 92.7 Å². The Hall–Kier alpha value is -5.34. The van der Waals surface area contributed by atoms with E-state index >= 15 is 0 Å². The molecule has 14 nitrogen and oxygen atoms in total. The van der Waals surface area contributed by atoms with Gasteiger partial charge in [0.2, 0.25) is 23.6 Å². The van der Waals surface area contributed by atoms with Crippen molar-refractivity contribution < 1.29 is 47.3 Å². The third kappa shape index (κ3) is 13.5. The molecule has 16 atom stereocenters. The normalized spacial score (nSPS) is 36.0. The topological polar surface area (TPSA) is 194 Å². The van der Waals surface area contributed by atoms with E-state index in [2.05, 4.69) is 117 Å². The number of esters is 3. The van der Waals surface area contributed by atoms with Crippen LogP contribution >= 0.6 is 23.2 Å². The monoisotopic (exact) mass is 1520 g/mol. The molecule has 108 heavy (non-hydrogen) atoms. The van der Waals surface area contributed by atoms with E-state index in [0.717, 1.165) is 93.5 Å². The fraction of sp³-hybridized carbons (Fsp3) is 0.739. The number of nitrogens with zero attached hydrogens (tertiary/aromatic N) is 4. The quantitative estimate of drug-likeness (QED) is 0.0632. The SMILES string of the molecule is CC(C)C1=C2[C@H]3CC[C@@H]4[C@@]5(C)CC[C@H](OC(=O)CC(C)(C)C(=O)O)C(C)(C)[C@@H]5CC[C@@]4(C)[C@]3(C)CC[C@@]2(Cc2nnc(-c3ccc(Cl)cc3)o2)CC1.CC(C)C1=C2[C@H]3CC[C@@H]4[C@@]5(C)CC[C@H](OC(=O)CC(C)(C)C(=O)OC(C)(C)C)C(C)(C)[C@@H]5CC[C@@]4(C)[C@]3(C)CC[C@@]2(Cc2nnc(-c3ccc(Cl)cc3)o2)CC1. The maximum atomic E-state index is 13.5. The second-order valence-corrected chi connectivity index (χ2v) is 42.8. The van der Waals surface area contributed by atoms with Crippen LogP contribution in [0.5, 0.6) is 0 Å². The van der Waals surface area contributed by atoms with Gasteiger partial charge >= 0.3 is 23.9 Å². The summed E-state index contributed by atoms with van der Waals surface area (Å²) >= 11 is 12.3. The molecule has 8 saturated carbocycles. The molecule has 0 aliphatic heterocycles. The zero-order valence-electron chi connectivity index (χ0n) is 69.5. The van der Waals surface area contributed by atoms with Crippen molar-refractivity contribution in [2.45, 2.75) is 317 Å². The van der Waals surface area contributed by atoms with Crippen LogP contribution in [0.15, 0.2) is 79.7 Å². The molecule has 0 saturated heterocycles. The number of fused-ring (bicyclic) bond motifs is 14. The summed E-state index contributed by atoms with van der Waals surface area (Å²) in [5.74, 6) is 4.83. The molecule has 16 heteroatoms. The highest BCUT2D eigenvalue weighted by atomic mass is 35.5. The molecule has 2 heterocycles. The lowest BCUT2D eigenvalue weighted by Gasteiger charge is -2.72. The summed E-state index contributed by atoms with van der Waals surface area (Å²) < 4.78 is 31.0. The highest BCUT2D eigenvalue weighted by Crippen LogP contribution is 2.80. The van der Waals surface area contributed by atoms with E-state index in [1.807, 2.05) is 69.3 Å². The van der Waals surface area contributed by atoms with Crippen LogP contribution in [0.25, 0.3) is 22.9 Å². The zero-order valence-corrected chi connectivity index (χ0v) is 71.0. The first-order valence-electron chi connectivity index (χ1n) is 41.7. The van der Waals surface area contributed by atoms with Gasteiger partial charge in [-0.15, -0.1) is 20.4 Å². The highest BCUT2D eigenvalue weighted by molar-refractivity contribution is 6.31. The van der Waals surface area contributed by atoms with Crippen LogP contribution in [0.1, 0.15) is 298 Å². The van der Waals surface area contributed by atoms with Crippen LogP contribution in [0.4, 0.5) is 0 Å². The van der Waals surface area contributed by atoms with Crippen LogP contribution in [0.3, 0.4) is 0 Å². The molecule has 10 aliphatic rings. The number of carbonyl (C=O) groups is 4. The maximum absolute atomic E-state index is 13.5. The lowest BCUT2D eigenvalue weighted by Crippen LogP contribution is -2.65. The van der Waals surface area contributed by atoms with Crippen LogP contribution in [0, 0.1) is 112 Å². The second-order valence-electron chi connectivity index (χ2n) is 42.0. The smallest absolute Gasteiger partial charge is 0.312 e. The summed E-state index contributed by atoms with van der Waals surface area (Å²) in [6.07, 6.45) is 23.9. The van der Waals surface area contributed by atoms with E-state index < -0.39 is 22.4 Å². The van der Waals surface area contributed by atoms with Gasteiger partial charge < -0.3 is 28.2 Å². The summed E-state index contributed by atoms with van der Waals surface area (Å²) in [5.41, 5.74) is 6.83. The summed E-state index contributed by atoms with van der Waals surface area (Å²) in [4.78, 5) is 51.4. The van der Waals surface area contributed by atoms with Gasteiger partial charge in [0.25, 0.3) is 0 Å². The summed E-state index contributed by atoms with van der Waals surface area (Å²) in [6.45, 7) is 47.1. The minimum atomic E-state index is -1.14. The van der Waals surface area contributed by atoms with Crippen molar-refractivity contribution >= 4 is 47.1 Å². The van der Waals surface area contributed by atoms with Gasteiger partial charge in [0.15, 0.2) is 0 Å². The Morgan fingerprint density at radius 2 is 0.852 bits per heavy atom. The van der Waals surface area contributed by atoms with Gasteiger partial charge in [0, 0.05) is 55.7 Å². The van der Waals surface area contributed by atoms with Crippen molar-refractivity contribution in [2.75, 3.05) is 0 Å². The molecular weight excluding hydrogens is 1390 g/mol. The molecule has 0 amide bonds. The fourth-order valence-corrected chi connectivity index (χ4v) is 27.1. The van der Waals surface area contributed by atoms with Gasteiger partial charge in [0.05, 0.1) is 23.7 Å². The first-order chi connectivity index (χ1) is 50.2. The number of aromatic nitrogens is 4. The zero-order chi connectivity index (χ0) is 78.5. The predicted octanol–water partition coefficient (Wildman–Crippen LogP) is 23.6. The van der Waals surface area contributed by atoms with Gasteiger partial charge in [0.1, 0.15) is 17.8 Å². The van der Waals surface area contributed by atoms with Gasteiger partial charge in [-0.1, -0.05) is 142 Å². The number of allylic oxidation sites excluding steroid dienone is 4. The Morgan fingerprint density at radius 3 is 1.21 bits per heavy atom. The number of rotatable bonds is 16. The summed E-state index contributed by atoms with van der Waals surface area (Å²) in [6, 6.07) is 15.3. The number of carboxylic acids is 1. The predicted molar refractivity (Wildman–Crippen MR) is 425 cm³/mol. The van der Waals surface area contributed by atoms with Gasteiger partial charge in [-0.3, -0.25) is 19.2 Å². The Morgan fingerprint density at radius 1 is 0.472 bits per heavy atom. The van der Waals surface area contributed by atoms with Gasteiger partial charge in [-0.2, -0.15) is 0 Å². The average molecular weight is 1520 g/mol. The first-order valence-corrected chi connectivity index (χ1v) is 42.5. The van der Waals surface area contributed by atoms with E-state index in [1.165, 1.54) is 70.6 Å². The van der Waals surface area contributed by atoms with E-state index in [4.69, 9.17) is 46.2 Å². The molecule has 0 unspecified atom stereocenters. The Kier molecular flexibility index (Phi) is 21.0. The van der Waals surface area contributed by atoms with Crippen LogP contribution in [-0.4, -0.2) is 67.2 Å². The van der Waals surface area contributed by atoms with Crippen LogP contribution in [-0.2, 0) is 46.2 Å². The highest BCUT2D eigenvalue weighted by Gasteiger charge is 2.72. The van der Waals surface area contributed by atoms with E-state index in [9.17, 15) is 24.3 Å². The van der Waals surface area contributed by atoms with Gasteiger partial charge in [-0.25, -0.2) is 0 Å². The van der Waals surface area contributed by atoms with Crippen molar-refractivity contribution in [3.63, 3.8) is 0 Å². The molecule has 0 spiro atoms. The molecule has 592 valence electrons. The van der Waals surface area contributed by atoms with Crippen molar-refractivity contribution in [1.29, 1.82) is 0 Å². The number of carbonyl (C=O) groups excluding carboxylic acids is 3. The summed E-state index contributed by atoms with van der Waals surface area (Å²) in [7, 11) is 0. The number of ether oxygens (including phenoxy) is 3. The second kappa shape index (κ2) is 28.0. The number of hydrogen-bond acceptors (Lipinski definition) is 13. The lowest BCUT2D eigenvalue weighted by atomic mass is 9.33. The third-order valence-corrected chi connectivity index (χ3v) is 33.4. The molecule has 8 fully saturated rings. The van der Waals surface area contributed by atoms with Crippen molar-refractivity contribution in [3.8, 4) is 22.9 Å². The van der Waals surface area contributed by atoms with E-state index in [1.54, 1.807) is 50.0 Å². The van der Waals surface area contributed by atoms with Crippen molar-refractivity contribution in [1.82, 2.24) is 20.4 Å². The molecule has 2 aromatic heterocycles. The van der Waals surface area contributed by atoms with E-state index in [0.29, 0.717) is 69.2 Å². The first kappa shape index (κ1) is 80.7. The molecule has 0 radical (unpaired) electrons. The lowest BCUT2D eigenvalue weighted by molar-refractivity contribution is -0.233. The molecule has 0 bridgehead atoms. The molecular formula is C92H130Cl2N4O10. The Balaban J connectivity index is 0.000000191. The third-order valence-electron chi connectivity index (χ3n) is 32.9. The van der Waals surface area contributed by atoms with Crippen molar-refractivity contribution in [2.24, 2.45) is 112 Å². The minimum absolute atomic E-state index is 0.0165. The molecule has 14 rings (SSSR count). The Bertz CT molecular complexity index is 4150.